The predicted octanol–water partition coefficient (Wildman–Crippen LogP) is 5.08. The van der Waals surface area contributed by atoms with Gasteiger partial charge in [0.25, 0.3) is 5.91 Å². The van der Waals surface area contributed by atoms with Crippen LogP contribution in [0.4, 0.5) is 13.2 Å². The van der Waals surface area contributed by atoms with Crippen molar-refractivity contribution in [3.63, 3.8) is 0 Å². The number of carbonyl (C=O) groups is 2. The third-order valence-corrected chi connectivity index (χ3v) is 8.37. The number of piperidine rings is 1. The number of nitrogens with two attached hydrogens (primary N) is 1. The molecule has 1 aromatic carbocycles. The Hall–Kier alpha value is -2.59. The Kier molecular flexibility index (Phi) is 7.87. The number of halogens is 4. The van der Waals surface area contributed by atoms with Crippen molar-refractivity contribution in [1.29, 1.82) is 0 Å². The first-order chi connectivity index (χ1) is 17.5. The molecule has 3 aliphatic rings. The molecule has 0 radical (unpaired) electrons. The highest BCUT2D eigenvalue weighted by molar-refractivity contribution is 5.96. The van der Waals surface area contributed by atoms with Crippen molar-refractivity contribution in [2.24, 2.45) is 5.73 Å². The zero-order valence-corrected chi connectivity index (χ0v) is 22.5. The standard InChI is InChI=1S/C27H34F3N5O2.ClH/c1-26(2,25(31)37)33-14-11-18(12-15-33)35-23(17-9-10-17)20(16-32-35)24(36)34-13-5-8-22(34)19-6-3-4-7-21(19)27(28,29)30;/h3-4,6-7,16-18,22H,5,8-15H2,1-2H3,(H2,31,37);1H. The van der Waals surface area contributed by atoms with Crippen LogP contribution in [0.3, 0.4) is 0 Å². The number of rotatable bonds is 6. The van der Waals surface area contributed by atoms with E-state index in [0.717, 1.165) is 37.4 Å². The summed E-state index contributed by atoms with van der Waals surface area (Å²) < 4.78 is 43.2. The fourth-order valence-corrected chi connectivity index (χ4v) is 5.95. The van der Waals surface area contributed by atoms with Gasteiger partial charge in [0.2, 0.25) is 5.91 Å². The molecular weight excluding hydrogens is 519 g/mol. The van der Waals surface area contributed by atoms with E-state index in [1.54, 1.807) is 17.2 Å². The second-order valence-electron chi connectivity index (χ2n) is 11.0. The highest BCUT2D eigenvalue weighted by atomic mass is 35.5. The molecule has 3 heterocycles. The number of benzene rings is 1. The second kappa shape index (κ2) is 10.5. The topological polar surface area (TPSA) is 84.5 Å². The molecule has 2 saturated heterocycles. The number of hydrogen-bond donors (Lipinski definition) is 1. The summed E-state index contributed by atoms with van der Waals surface area (Å²) in [6.07, 6.45) is 1.79. The normalized spacial score (nSPS) is 21.4. The maximum atomic E-state index is 13.8. The third kappa shape index (κ3) is 5.17. The molecule has 1 aromatic heterocycles. The van der Waals surface area contributed by atoms with Crippen LogP contribution in [0.1, 0.15) is 97.6 Å². The predicted molar refractivity (Wildman–Crippen MR) is 139 cm³/mol. The van der Waals surface area contributed by atoms with Gasteiger partial charge in [-0.2, -0.15) is 18.3 Å². The van der Waals surface area contributed by atoms with E-state index in [2.05, 4.69) is 10.00 Å². The van der Waals surface area contributed by atoms with Crippen LogP contribution in [0.2, 0.25) is 0 Å². The fraction of sp³-hybridized carbons (Fsp3) is 0.593. The van der Waals surface area contributed by atoms with Gasteiger partial charge in [0.15, 0.2) is 0 Å². The summed E-state index contributed by atoms with van der Waals surface area (Å²) in [5.74, 6) is -0.353. The van der Waals surface area contributed by atoms with Crippen molar-refractivity contribution < 1.29 is 22.8 Å². The molecule has 5 rings (SSSR count). The Balaban J connectivity index is 0.00000336. The summed E-state index contributed by atoms with van der Waals surface area (Å²) in [5.41, 5.74) is 5.77. The summed E-state index contributed by atoms with van der Waals surface area (Å²) in [4.78, 5) is 29.4. The number of amides is 2. The first-order valence-electron chi connectivity index (χ1n) is 13.1. The zero-order valence-electron chi connectivity index (χ0n) is 21.7. The maximum absolute atomic E-state index is 13.8. The number of nitrogens with zero attached hydrogens (tertiary/aromatic N) is 4. The Morgan fingerprint density at radius 2 is 1.66 bits per heavy atom. The van der Waals surface area contributed by atoms with Crippen LogP contribution in [0.25, 0.3) is 0 Å². The van der Waals surface area contributed by atoms with E-state index >= 15 is 0 Å². The molecule has 0 spiro atoms. The molecular formula is C27H35ClF3N5O2. The van der Waals surface area contributed by atoms with Gasteiger partial charge < -0.3 is 10.6 Å². The number of primary amides is 1. The van der Waals surface area contributed by atoms with E-state index in [-0.39, 0.29) is 41.7 Å². The fourth-order valence-electron chi connectivity index (χ4n) is 5.95. The maximum Gasteiger partial charge on any atom is 0.416 e. The van der Waals surface area contributed by atoms with Gasteiger partial charge in [0, 0.05) is 25.6 Å². The van der Waals surface area contributed by atoms with E-state index in [1.165, 1.54) is 12.1 Å². The minimum Gasteiger partial charge on any atom is -0.368 e. The molecule has 1 atom stereocenters. The first-order valence-corrected chi connectivity index (χ1v) is 13.1. The van der Waals surface area contributed by atoms with Gasteiger partial charge in [-0.25, -0.2) is 0 Å². The van der Waals surface area contributed by atoms with Gasteiger partial charge in [-0.1, -0.05) is 18.2 Å². The van der Waals surface area contributed by atoms with Crippen molar-refractivity contribution in [3.8, 4) is 0 Å². The molecule has 0 bridgehead atoms. The Bertz CT molecular complexity index is 1190. The monoisotopic (exact) mass is 553 g/mol. The first kappa shape index (κ1) is 28.4. The number of carbonyl (C=O) groups excluding carboxylic acids is 2. The molecule has 2 aliphatic heterocycles. The molecule has 2 aromatic rings. The lowest BCUT2D eigenvalue weighted by Gasteiger charge is -2.41. The molecule has 208 valence electrons. The summed E-state index contributed by atoms with van der Waals surface area (Å²) in [6.45, 7) is 5.47. The van der Waals surface area contributed by atoms with Crippen LogP contribution in [0.5, 0.6) is 0 Å². The summed E-state index contributed by atoms with van der Waals surface area (Å²) in [6, 6.07) is 5.06. The van der Waals surface area contributed by atoms with Crippen LogP contribution in [0, 0.1) is 0 Å². The van der Waals surface area contributed by atoms with Gasteiger partial charge in [-0.05, 0) is 64.0 Å². The van der Waals surface area contributed by atoms with Gasteiger partial charge in [0.1, 0.15) is 0 Å². The lowest BCUT2D eigenvalue weighted by molar-refractivity contribution is -0.138. The van der Waals surface area contributed by atoms with Gasteiger partial charge in [-0.3, -0.25) is 19.2 Å². The quantitative estimate of drug-likeness (QED) is 0.541. The van der Waals surface area contributed by atoms with Crippen LogP contribution in [-0.4, -0.2) is 56.6 Å². The average molecular weight is 554 g/mol. The van der Waals surface area contributed by atoms with Crippen molar-refractivity contribution in [2.75, 3.05) is 19.6 Å². The average Bonchev–Trinajstić information content (AvgIpc) is 3.41. The lowest BCUT2D eigenvalue weighted by Crippen LogP contribution is -2.55. The third-order valence-electron chi connectivity index (χ3n) is 8.37. The number of aromatic nitrogens is 2. The van der Waals surface area contributed by atoms with Gasteiger partial charge in [-0.15, -0.1) is 12.4 Å². The van der Waals surface area contributed by atoms with E-state index in [0.29, 0.717) is 38.0 Å². The molecule has 3 fully saturated rings. The minimum atomic E-state index is -4.48. The summed E-state index contributed by atoms with van der Waals surface area (Å²) >= 11 is 0. The van der Waals surface area contributed by atoms with Crippen LogP contribution in [-0.2, 0) is 11.0 Å². The molecule has 1 unspecified atom stereocenters. The molecule has 2 amide bonds. The van der Waals surface area contributed by atoms with E-state index in [4.69, 9.17) is 5.73 Å². The summed E-state index contributed by atoms with van der Waals surface area (Å²) in [5, 5.41) is 4.65. The number of likely N-dealkylation sites (tertiary alicyclic amines) is 2. The molecule has 38 heavy (non-hydrogen) atoms. The highest BCUT2D eigenvalue weighted by Crippen LogP contribution is 2.46. The van der Waals surface area contributed by atoms with Crippen molar-refractivity contribution in [2.45, 2.75) is 82.1 Å². The van der Waals surface area contributed by atoms with Gasteiger partial charge in [0.05, 0.1) is 40.6 Å². The van der Waals surface area contributed by atoms with Crippen LogP contribution < -0.4 is 5.73 Å². The SMILES string of the molecule is CC(C)(C(N)=O)N1CCC(n2ncc(C(=O)N3CCCC3c3ccccc3C(F)(F)F)c2C2CC2)CC1.Cl. The Morgan fingerprint density at radius 3 is 2.26 bits per heavy atom. The van der Waals surface area contributed by atoms with E-state index in [1.807, 2.05) is 18.5 Å². The zero-order chi connectivity index (χ0) is 26.5. The van der Waals surface area contributed by atoms with Crippen molar-refractivity contribution in [3.05, 3.63) is 52.8 Å². The van der Waals surface area contributed by atoms with Crippen molar-refractivity contribution in [1.82, 2.24) is 19.6 Å². The smallest absolute Gasteiger partial charge is 0.368 e. The molecule has 1 saturated carbocycles. The van der Waals surface area contributed by atoms with Gasteiger partial charge >= 0.3 is 6.18 Å². The second-order valence-corrected chi connectivity index (χ2v) is 11.0. The Morgan fingerprint density at radius 1 is 1.00 bits per heavy atom. The van der Waals surface area contributed by atoms with Crippen LogP contribution >= 0.6 is 12.4 Å². The molecule has 2 N–H and O–H groups in total. The molecule has 11 heteroatoms. The lowest BCUT2D eigenvalue weighted by atomic mass is 9.95. The largest absolute Gasteiger partial charge is 0.416 e. The van der Waals surface area contributed by atoms with Crippen LogP contribution in [0.15, 0.2) is 30.5 Å². The Labute approximate surface area is 226 Å². The highest BCUT2D eigenvalue weighted by Gasteiger charge is 2.42. The van der Waals surface area contributed by atoms with Crippen molar-refractivity contribution >= 4 is 24.2 Å². The van der Waals surface area contributed by atoms with E-state index in [9.17, 15) is 22.8 Å². The molecule has 7 nitrogen and oxygen atoms in total. The summed E-state index contributed by atoms with van der Waals surface area (Å²) in [7, 11) is 0. The number of alkyl halides is 3. The molecule has 1 aliphatic carbocycles. The van der Waals surface area contributed by atoms with E-state index < -0.39 is 23.3 Å². The number of hydrogen-bond acceptors (Lipinski definition) is 4. The minimum absolute atomic E-state index is 0.